The molecule has 2 amide bonds. The van der Waals surface area contributed by atoms with Gasteiger partial charge in [0.15, 0.2) is 0 Å². The topological polar surface area (TPSA) is 69.6 Å². The monoisotopic (exact) mass is 186 g/mol. The number of hydrogen-bond acceptors (Lipinski definition) is 2. The molecule has 1 unspecified atom stereocenters. The Morgan fingerprint density at radius 3 is 2.69 bits per heavy atom. The highest BCUT2D eigenvalue weighted by molar-refractivity contribution is 5.82. The molecule has 0 aliphatic carbocycles. The van der Waals surface area contributed by atoms with Crippen LogP contribution in [0.3, 0.4) is 0 Å². The first-order valence-electron chi connectivity index (χ1n) is 4.38. The van der Waals surface area contributed by atoms with Crippen molar-refractivity contribution >= 4 is 12.0 Å². The Morgan fingerprint density at radius 2 is 2.15 bits per heavy atom. The van der Waals surface area contributed by atoms with Crippen molar-refractivity contribution in [2.24, 2.45) is 0 Å². The van der Waals surface area contributed by atoms with Crippen LogP contribution in [0.25, 0.3) is 0 Å². The number of urea groups is 1. The number of nitrogens with one attached hydrogen (secondary N) is 1. The van der Waals surface area contributed by atoms with Gasteiger partial charge in [0.05, 0.1) is 0 Å². The third-order valence-electron chi connectivity index (χ3n) is 2.26. The Bertz CT molecular complexity index is 217. The van der Waals surface area contributed by atoms with Gasteiger partial charge in [0.2, 0.25) is 0 Å². The Balaban J connectivity index is 2.67. The molecule has 13 heavy (non-hydrogen) atoms. The van der Waals surface area contributed by atoms with Crippen LogP contribution in [0.15, 0.2) is 0 Å². The van der Waals surface area contributed by atoms with Crippen molar-refractivity contribution in [3.8, 4) is 0 Å². The summed E-state index contributed by atoms with van der Waals surface area (Å²) in [5.41, 5.74) is 0. The SMILES string of the molecule is CNC(=O)N1CCCCC1C(=O)O. The fourth-order valence-electron chi connectivity index (χ4n) is 1.57. The van der Waals surface area contributed by atoms with Crippen molar-refractivity contribution in [3.05, 3.63) is 0 Å². The lowest BCUT2D eigenvalue weighted by atomic mass is 10.0. The van der Waals surface area contributed by atoms with Crippen molar-refractivity contribution in [2.45, 2.75) is 25.3 Å². The number of carbonyl (C=O) groups excluding carboxylic acids is 1. The number of carboxylic acid groups (broad SMARTS) is 1. The molecule has 0 aromatic carbocycles. The smallest absolute Gasteiger partial charge is 0.326 e. The summed E-state index contributed by atoms with van der Waals surface area (Å²) in [6.45, 7) is 0.538. The van der Waals surface area contributed by atoms with Gasteiger partial charge in [0.1, 0.15) is 6.04 Å². The number of carboxylic acids is 1. The second-order valence-corrected chi connectivity index (χ2v) is 3.10. The third-order valence-corrected chi connectivity index (χ3v) is 2.26. The van der Waals surface area contributed by atoms with Crippen LogP contribution in [-0.4, -0.2) is 41.6 Å². The first-order valence-corrected chi connectivity index (χ1v) is 4.38. The maximum absolute atomic E-state index is 11.2. The van der Waals surface area contributed by atoms with Crippen molar-refractivity contribution in [1.82, 2.24) is 10.2 Å². The Morgan fingerprint density at radius 1 is 1.46 bits per heavy atom. The molecule has 1 heterocycles. The van der Waals surface area contributed by atoms with E-state index in [4.69, 9.17) is 5.11 Å². The Labute approximate surface area is 76.7 Å². The van der Waals surface area contributed by atoms with Gasteiger partial charge in [0, 0.05) is 13.6 Å². The van der Waals surface area contributed by atoms with Crippen molar-refractivity contribution in [1.29, 1.82) is 0 Å². The van der Waals surface area contributed by atoms with E-state index in [1.54, 1.807) is 0 Å². The fourth-order valence-corrected chi connectivity index (χ4v) is 1.57. The molecule has 5 heteroatoms. The molecule has 74 valence electrons. The number of rotatable bonds is 1. The second kappa shape index (κ2) is 4.11. The number of nitrogens with zero attached hydrogens (tertiary/aromatic N) is 1. The summed E-state index contributed by atoms with van der Waals surface area (Å²) in [5, 5.41) is 11.3. The maximum atomic E-state index is 11.2. The third kappa shape index (κ3) is 2.11. The minimum absolute atomic E-state index is 0.299. The normalized spacial score (nSPS) is 22.5. The number of hydrogen-bond donors (Lipinski definition) is 2. The molecule has 1 rings (SSSR count). The van der Waals surface area contributed by atoms with Crippen LogP contribution >= 0.6 is 0 Å². The van der Waals surface area contributed by atoms with Crippen molar-refractivity contribution in [3.63, 3.8) is 0 Å². The van der Waals surface area contributed by atoms with Crippen LogP contribution in [0.1, 0.15) is 19.3 Å². The summed E-state index contributed by atoms with van der Waals surface area (Å²) in [7, 11) is 1.51. The zero-order valence-electron chi connectivity index (χ0n) is 7.62. The van der Waals surface area contributed by atoms with E-state index in [9.17, 15) is 9.59 Å². The van der Waals surface area contributed by atoms with Crippen LogP contribution in [0.2, 0.25) is 0 Å². The summed E-state index contributed by atoms with van der Waals surface area (Å²) in [4.78, 5) is 23.4. The molecule has 1 aliphatic heterocycles. The van der Waals surface area contributed by atoms with Gasteiger partial charge in [0.25, 0.3) is 0 Å². The number of amides is 2. The Hall–Kier alpha value is -1.26. The molecule has 0 aromatic rings. The molecule has 1 fully saturated rings. The lowest BCUT2D eigenvalue weighted by Gasteiger charge is -2.32. The number of piperidine rings is 1. The molecule has 5 nitrogen and oxygen atoms in total. The predicted molar refractivity (Wildman–Crippen MR) is 46.4 cm³/mol. The molecule has 1 aliphatic rings. The van der Waals surface area contributed by atoms with Crippen LogP contribution in [0, 0.1) is 0 Å². The average molecular weight is 186 g/mol. The van der Waals surface area contributed by atoms with E-state index in [0.29, 0.717) is 13.0 Å². The summed E-state index contributed by atoms with van der Waals surface area (Å²) in [6, 6.07) is -0.944. The molecule has 0 saturated carbocycles. The number of aliphatic carboxylic acids is 1. The molecule has 0 aromatic heterocycles. The summed E-state index contributed by atoms with van der Waals surface area (Å²) >= 11 is 0. The summed E-state index contributed by atoms with van der Waals surface area (Å²) in [6.07, 6.45) is 2.32. The average Bonchev–Trinajstić information content (AvgIpc) is 2.16. The van der Waals surface area contributed by atoms with Crippen LogP contribution in [0.5, 0.6) is 0 Å². The van der Waals surface area contributed by atoms with E-state index in [1.165, 1.54) is 11.9 Å². The van der Waals surface area contributed by atoms with Gasteiger partial charge in [-0.25, -0.2) is 9.59 Å². The second-order valence-electron chi connectivity index (χ2n) is 3.10. The molecular formula is C8H14N2O3. The van der Waals surface area contributed by atoms with Gasteiger partial charge >= 0.3 is 12.0 Å². The molecule has 2 N–H and O–H groups in total. The van der Waals surface area contributed by atoms with Crippen LogP contribution < -0.4 is 5.32 Å². The molecular weight excluding hydrogens is 172 g/mol. The van der Waals surface area contributed by atoms with E-state index in [0.717, 1.165) is 12.8 Å². The molecule has 1 saturated heterocycles. The largest absolute Gasteiger partial charge is 0.480 e. The van der Waals surface area contributed by atoms with E-state index in [2.05, 4.69) is 5.32 Å². The van der Waals surface area contributed by atoms with Gasteiger partial charge in [-0.2, -0.15) is 0 Å². The zero-order valence-corrected chi connectivity index (χ0v) is 7.62. The first-order chi connectivity index (χ1) is 6.16. The first kappa shape index (κ1) is 9.83. The van der Waals surface area contributed by atoms with Crippen molar-refractivity contribution < 1.29 is 14.7 Å². The standard InChI is InChI=1S/C8H14N2O3/c1-9-8(13)10-5-3-2-4-6(10)7(11)12/h6H,2-5H2,1H3,(H,9,13)(H,11,12). The molecule has 0 bridgehead atoms. The minimum Gasteiger partial charge on any atom is -0.480 e. The maximum Gasteiger partial charge on any atom is 0.326 e. The van der Waals surface area contributed by atoms with Crippen LogP contribution in [-0.2, 0) is 4.79 Å². The molecule has 1 atom stereocenters. The molecule has 0 spiro atoms. The summed E-state index contributed by atoms with van der Waals surface area (Å²) < 4.78 is 0. The highest BCUT2D eigenvalue weighted by atomic mass is 16.4. The van der Waals surface area contributed by atoms with Gasteiger partial charge < -0.3 is 15.3 Å². The van der Waals surface area contributed by atoms with Gasteiger partial charge in [-0.15, -0.1) is 0 Å². The fraction of sp³-hybridized carbons (Fsp3) is 0.750. The van der Waals surface area contributed by atoms with E-state index in [1.807, 2.05) is 0 Å². The predicted octanol–water partition coefficient (Wildman–Crippen LogP) is 0.265. The van der Waals surface area contributed by atoms with Gasteiger partial charge in [-0.05, 0) is 19.3 Å². The van der Waals surface area contributed by atoms with E-state index >= 15 is 0 Å². The lowest BCUT2D eigenvalue weighted by molar-refractivity contribution is -0.143. The van der Waals surface area contributed by atoms with Crippen LogP contribution in [0.4, 0.5) is 4.79 Å². The van der Waals surface area contributed by atoms with E-state index in [-0.39, 0.29) is 6.03 Å². The highest BCUT2D eigenvalue weighted by Gasteiger charge is 2.31. The Kier molecular flexibility index (Phi) is 3.11. The van der Waals surface area contributed by atoms with Gasteiger partial charge in [-0.1, -0.05) is 0 Å². The number of carbonyl (C=O) groups is 2. The summed E-state index contributed by atoms with van der Waals surface area (Å²) in [5.74, 6) is -0.914. The highest BCUT2D eigenvalue weighted by Crippen LogP contribution is 2.16. The quantitative estimate of drug-likeness (QED) is 0.617. The van der Waals surface area contributed by atoms with E-state index < -0.39 is 12.0 Å². The van der Waals surface area contributed by atoms with Gasteiger partial charge in [-0.3, -0.25) is 0 Å². The minimum atomic E-state index is -0.914. The zero-order chi connectivity index (χ0) is 9.84. The number of likely N-dealkylation sites (tertiary alicyclic amines) is 1. The lowest BCUT2D eigenvalue weighted by Crippen LogP contribution is -2.51. The van der Waals surface area contributed by atoms with Crippen molar-refractivity contribution in [2.75, 3.05) is 13.6 Å². The molecule has 0 radical (unpaired) electrons.